The van der Waals surface area contributed by atoms with E-state index in [1.807, 2.05) is 18.2 Å². The van der Waals surface area contributed by atoms with Gasteiger partial charge in [-0.1, -0.05) is 6.07 Å². The van der Waals surface area contributed by atoms with Crippen LogP contribution in [0.15, 0.2) is 18.2 Å². The maximum absolute atomic E-state index is 11.2. The Morgan fingerprint density at radius 3 is 3.00 bits per heavy atom. The van der Waals surface area contributed by atoms with E-state index >= 15 is 0 Å². The lowest BCUT2D eigenvalue weighted by Crippen LogP contribution is -2.20. The summed E-state index contributed by atoms with van der Waals surface area (Å²) in [6.45, 7) is 0.132. The number of aliphatic carboxylic acids is 1. The third kappa shape index (κ3) is 1.61. The van der Waals surface area contributed by atoms with Crippen molar-refractivity contribution in [3.63, 3.8) is 0 Å². The van der Waals surface area contributed by atoms with E-state index in [0.717, 1.165) is 23.9 Å². The number of aromatic amines is 1. The highest BCUT2D eigenvalue weighted by atomic mass is 16.4. The number of fused-ring (bicyclic) bond motifs is 3. The molecule has 0 saturated heterocycles. The highest BCUT2D eigenvalue weighted by Gasteiger charge is 2.21. The molecule has 0 bridgehead atoms. The highest BCUT2D eigenvalue weighted by Crippen LogP contribution is 2.31. The van der Waals surface area contributed by atoms with Crippen LogP contribution in [0.3, 0.4) is 0 Å². The fourth-order valence-electron chi connectivity index (χ4n) is 2.86. The average molecular weight is 244 g/mol. The van der Waals surface area contributed by atoms with Gasteiger partial charge in [-0.05, 0) is 42.5 Å². The monoisotopic (exact) mass is 244 g/mol. The second kappa shape index (κ2) is 4.14. The van der Waals surface area contributed by atoms with E-state index in [1.165, 1.54) is 23.1 Å². The van der Waals surface area contributed by atoms with Crippen LogP contribution in [0.25, 0.3) is 10.9 Å². The highest BCUT2D eigenvalue weighted by molar-refractivity contribution is 5.87. The van der Waals surface area contributed by atoms with Gasteiger partial charge < -0.3 is 15.8 Å². The van der Waals surface area contributed by atoms with Crippen LogP contribution in [0.2, 0.25) is 0 Å². The van der Waals surface area contributed by atoms with Crippen LogP contribution >= 0.6 is 0 Å². The first-order chi connectivity index (χ1) is 8.70. The van der Waals surface area contributed by atoms with Crippen molar-refractivity contribution in [3.05, 3.63) is 35.0 Å². The van der Waals surface area contributed by atoms with E-state index in [4.69, 9.17) is 10.8 Å². The summed E-state index contributed by atoms with van der Waals surface area (Å²) in [5.74, 6) is -1.47. The lowest BCUT2D eigenvalue weighted by atomic mass is 9.97. The van der Waals surface area contributed by atoms with Crippen molar-refractivity contribution in [2.24, 2.45) is 5.73 Å². The standard InChI is InChI=1S/C14H16N2O2/c15-7-11(14(17)18)8-4-5-13-10(6-8)9-2-1-3-12(9)16-13/h4-6,11,16H,1-3,7,15H2,(H,17,18). The number of nitrogens with two attached hydrogens (primary N) is 1. The van der Waals surface area contributed by atoms with Gasteiger partial charge in [-0.15, -0.1) is 0 Å². The molecule has 0 amide bonds. The minimum Gasteiger partial charge on any atom is -0.481 e. The van der Waals surface area contributed by atoms with Gasteiger partial charge in [0.1, 0.15) is 0 Å². The zero-order valence-electron chi connectivity index (χ0n) is 10.1. The average Bonchev–Trinajstić information content (AvgIpc) is 2.89. The molecule has 94 valence electrons. The number of nitrogens with one attached hydrogen (secondary N) is 1. The normalized spacial score (nSPS) is 15.8. The first-order valence-corrected chi connectivity index (χ1v) is 6.27. The van der Waals surface area contributed by atoms with Crippen molar-refractivity contribution < 1.29 is 9.90 Å². The first kappa shape index (κ1) is 11.3. The van der Waals surface area contributed by atoms with Gasteiger partial charge in [0.15, 0.2) is 0 Å². The van der Waals surface area contributed by atoms with Gasteiger partial charge in [0.25, 0.3) is 0 Å². The van der Waals surface area contributed by atoms with E-state index in [0.29, 0.717) is 0 Å². The summed E-state index contributed by atoms with van der Waals surface area (Å²) in [5.41, 5.74) is 10.1. The lowest BCUT2D eigenvalue weighted by molar-refractivity contribution is -0.138. The Kier molecular flexibility index (Phi) is 2.59. The summed E-state index contributed by atoms with van der Waals surface area (Å²) in [4.78, 5) is 14.6. The molecule has 1 aromatic carbocycles. The SMILES string of the molecule is NCC(C(=O)O)c1ccc2[nH]c3c(c2c1)CCC3. The van der Waals surface area contributed by atoms with Gasteiger partial charge in [-0.3, -0.25) is 4.79 Å². The van der Waals surface area contributed by atoms with Crippen LogP contribution in [-0.4, -0.2) is 22.6 Å². The molecular weight excluding hydrogens is 228 g/mol. The van der Waals surface area contributed by atoms with Gasteiger partial charge in [0.05, 0.1) is 5.92 Å². The number of hydrogen-bond donors (Lipinski definition) is 3. The second-order valence-corrected chi connectivity index (χ2v) is 4.87. The van der Waals surface area contributed by atoms with Crippen molar-refractivity contribution in [1.29, 1.82) is 0 Å². The molecule has 1 aliphatic carbocycles. The van der Waals surface area contributed by atoms with E-state index < -0.39 is 11.9 Å². The fraction of sp³-hybridized carbons (Fsp3) is 0.357. The largest absolute Gasteiger partial charge is 0.481 e. The number of carboxylic acids is 1. The number of benzene rings is 1. The molecule has 4 N–H and O–H groups in total. The number of aromatic nitrogens is 1. The Morgan fingerprint density at radius 1 is 1.44 bits per heavy atom. The van der Waals surface area contributed by atoms with Crippen molar-refractivity contribution in [2.75, 3.05) is 6.54 Å². The van der Waals surface area contributed by atoms with Gasteiger partial charge in [-0.25, -0.2) is 0 Å². The minimum absolute atomic E-state index is 0.132. The molecule has 0 radical (unpaired) electrons. The zero-order valence-corrected chi connectivity index (χ0v) is 10.1. The topological polar surface area (TPSA) is 79.1 Å². The number of hydrogen-bond acceptors (Lipinski definition) is 2. The van der Waals surface area contributed by atoms with Crippen molar-refractivity contribution >= 4 is 16.9 Å². The predicted molar refractivity (Wildman–Crippen MR) is 69.8 cm³/mol. The van der Waals surface area contributed by atoms with E-state index in [2.05, 4.69) is 4.98 Å². The van der Waals surface area contributed by atoms with Crippen LogP contribution in [0.4, 0.5) is 0 Å². The predicted octanol–water partition coefficient (Wildman–Crippen LogP) is 1.78. The Bertz CT molecular complexity index is 616. The number of H-pyrrole nitrogens is 1. The van der Waals surface area contributed by atoms with Crippen LogP contribution in [0.1, 0.15) is 29.2 Å². The van der Waals surface area contributed by atoms with E-state index in [1.54, 1.807) is 0 Å². The maximum atomic E-state index is 11.2. The summed E-state index contributed by atoms with van der Waals surface area (Å²) in [7, 11) is 0. The molecule has 0 saturated carbocycles. The fourth-order valence-corrected chi connectivity index (χ4v) is 2.86. The van der Waals surface area contributed by atoms with Crippen molar-refractivity contribution in [3.8, 4) is 0 Å². The van der Waals surface area contributed by atoms with Crippen molar-refractivity contribution in [1.82, 2.24) is 4.98 Å². The molecule has 4 nitrogen and oxygen atoms in total. The van der Waals surface area contributed by atoms with E-state index in [-0.39, 0.29) is 6.54 Å². The smallest absolute Gasteiger partial charge is 0.312 e. The second-order valence-electron chi connectivity index (χ2n) is 4.87. The molecule has 1 atom stereocenters. The minimum atomic E-state index is -0.857. The van der Waals surface area contributed by atoms with Gasteiger partial charge in [0.2, 0.25) is 0 Å². The third-order valence-electron chi connectivity index (χ3n) is 3.81. The van der Waals surface area contributed by atoms with Crippen LogP contribution < -0.4 is 5.73 Å². The molecule has 3 rings (SSSR count). The molecule has 1 heterocycles. The summed E-state index contributed by atoms with van der Waals surface area (Å²) in [6.07, 6.45) is 3.36. The van der Waals surface area contributed by atoms with Gasteiger partial charge in [0, 0.05) is 23.1 Å². The quantitative estimate of drug-likeness (QED) is 0.770. The molecule has 0 fully saturated rings. The summed E-state index contributed by atoms with van der Waals surface area (Å²) < 4.78 is 0. The molecule has 1 aliphatic rings. The van der Waals surface area contributed by atoms with Crippen LogP contribution in [0.5, 0.6) is 0 Å². The molecule has 0 spiro atoms. The number of carbonyl (C=O) groups is 1. The zero-order chi connectivity index (χ0) is 12.7. The Morgan fingerprint density at radius 2 is 2.28 bits per heavy atom. The molecule has 1 aromatic heterocycles. The summed E-state index contributed by atoms with van der Waals surface area (Å²) >= 11 is 0. The van der Waals surface area contributed by atoms with Gasteiger partial charge >= 0.3 is 5.97 Å². The Balaban J connectivity index is 2.12. The van der Waals surface area contributed by atoms with E-state index in [9.17, 15) is 4.79 Å². The maximum Gasteiger partial charge on any atom is 0.312 e. The number of carboxylic acid groups (broad SMARTS) is 1. The molecule has 0 aliphatic heterocycles. The molecule has 1 unspecified atom stereocenters. The lowest BCUT2D eigenvalue weighted by Gasteiger charge is -2.10. The van der Waals surface area contributed by atoms with Crippen LogP contribution in [-0.2, 0) is 17.6 Å². The molecule has 2 aromatic rings. The number of rotatable bonds is 3. The molecule has 4 heteroatoms. The molecular formula is C14H16N2O2. The Labute approximate surface area is 105 Å². The molecule has 18 heavy (non-hydrogen) atoms. The summed E-state index contributed by atoms with van der Waals surface area (Å²) in [6, 6.07) is 5.82. The van der Waals surface area contributed by atoms with Gasteiger partial charge in [-0.2, -0.15) is 0 Å². The summed E-state index contributed by atoms with van der Waals surface area (Å²) in [5, 5.41) is 10.3. The number of aryl methyl sites for hydroxylation is 2. The first-order valence-electron chi connectivity index (χ1n) is 6.27. The third-order valence-corrected chi connectivity index (χ3v) is 3.81. The van der Waals surface area contributed by atoms with Crippen molar-refractivity contribution in [2.45, 2.75) is 25.2 Å². The Hall–Kier alpha value is -1.81. The van der Waals surface area contributed by atoms with Crippen LogP contribution in [0, 0.1) is 0 Å².